The minimum Gasteiger partial charge on any atom is -0.368 e. The van der Waals surface area contributed by atoms with E-state index in [1.54, 1.807) is 0 Å². The molecule has 1 aromatic carbocycles. The Balaban J connectivity index is 1.95. The molecule has 0 spiro atoms. The van der Waals surface area contributed by atoms with E-state index in [2.05, 4.69) is 14.7 Å². The first-order valence-corrected chi connectivity index (χ1v) is 9.58. The van der Waals surface area contributed by atoms with Gasteiger partial charge in [0.15, 0.2) is 6.29 Å². The molecule has 1 fully saturated rings. The third kappa shape index (κ3) is 5.03. The minimum atomic E-state index is -1.28. The molecule has 8 heteroatoms. The summed E-state index contributed by atoms with van der Waals surface area (Å²) in [5.74, 6) is -0.0572. The van der Waals surface area contributed by atoms with Crippen molar-refractivity contribution < 1.29 is 14.1 Å². The highest BCUT2D eigenvalue weighted by Gasteiger charge is 2.41. The van der Waals surface area contributed by atoms with Crippen molar-refractivity contribution in [3.8, 4) is 0 Å². The zero-order valence-electron chi connectivity index (χ0n) is 14.8. The van der Waals surface area contributed by atoms with Crippen LogP contribution in [0.4, 0.5) is 0 Å². The molecule has 0 bridgehead atoms. The van der Waals surface area contributed by atoms with Crippen LogP contribution in [0.25, 0.3) is 10.4 Å². The van der Waals surface area contributed by atoms with Gasteiger partial charge in [-0.15, -0.1) is 0 Å². The zero-order chi connectivity index (χ0) is 18.4. The van der Waals surface area contributed by atoms with Crippen LogP contribution in [-0.2, 0) is 22.3 Å². The van der Waals surface area contributed by atoms with Gasteiger partial charge in [0.05, 0.1) is 27.9 Å². The summed E-state index contributed by atoms with van der Waals surface area (Å²) in [5.41, 5.74) is 9.58. The van der Waals surface area contributed by atoms with Gasteiger partial charge in [0.2, 0.25) is 0 Å². The molecule has 1 aliphatic rings. The van der Waals surface area contributed by atoms with Crippen molar-refractivity contribution in [2.75, 3.05) is 0 Å². The summed E-state index contributed by atoms with van der Waals surface area (Å²) in [6.45, 7) is 6.37. The summed E-state index contributed by atoms with van der Waals surface area (Å²) in [5, 5.41) is 13.5. The molecule has 5 atom stereocenters. The number of benzene rings is 1. The fourth-order valence-corrected chi connectivity index (χ4v) is 4.07. The number of hydrogen-bond donors (Lipinski definition) is 2. The molecule has 0 amide bonds. The van der Waals surface area contributed by atoms with Gasteiger partial charge in [-0.25, -0.2) is 8.93 Å². The lowest BCUT2D eigenvalue weighted by Gasteiger charge is -2.40. The fourth-order valence-electron chi connectivity index (χ4n) is 2.91. The van der Waals surface area contributed by atoms with E-state index in [9.17, 15) is 9.32 Å². The fraction of sp³-hybridized carbons (Fsp3) is 0.647. The SMILES string of the molecule is CC([C@@H]1CC[C@@H](N=[N+]=[N-])C(O)O1)C(C)(C)S(=O)NCc1ccccc1. The van der Waals surface area contributed by atoms with E-state index >= 15 is 0 Å². The predicted molar refractivity (Wildman–Crippen MR) is 97.7 cm³/mol. The Kier molecular flexibility index (Phi) is 6.98. The average molecular weight is 366 g/mol. The summed E-state index contributed by atoms with van der Waals surface area (Å²) in [6.07, 6.45) is -0.141. The standard InChI is InChI=1S/C17H26N4O3S/c1-12(15-10-9-14(20-21-18)16(22)24-15)17(2,3)25(23)19-11-13-7-5-4-6-8-13/h4-8,12,14-16,19,22H,9-11H2,1-3H3/t12?,14-,15+,16?,25?/m1/s1. The molecule has 1 aliphatic heterocycles. The van der Waals surface area contributed by atoms with Crippen LogP contribution in [0.3, 0.4) is 0 Å². The third-order valence-electron chi connectivity index (χ3n) is 4.97. The Morgan fingerprint density at radius 3 is 2.72 bits per heavy atom. The molecule has 0 aliphatic carbocycles. The summed E-state index contributed by atoms with van der Waals surface area (Å²) < 4.78 is 21.0. The van der Waals surface area contributed by atoms with E-state index in [1.807, 2.05) is 51.1 Å². The minimum absolute atomic E-state index is 0.0572. The van der Waals surface area contributed by atoms with Crippen LogP contribution < -0.4 is 4.72 Å². The van der Waals surface area contributed by atoms with Crippen molar-refractivity contribution >= 4 is 11.0 Å². The number of hydrogen-bond acceptors (Lipinski definition) is 4. The Morgan fingerprint density at radius 2 is 2.12 bits per heavy atom. The van der Waals surface area contributed by atoms with Crippen LogP contribution in [0.2, 0.25) is 0 Å². The summed E-state index contributed by atoms with van der Waals surface area (Å²) in [7, 11) is -1.28. The number of azide groups is 1. The van der Waals surface area contributed by atoms with Gasteiger partial charge < -0.3 is 9.84 Å². The van der Waals surface area contributed by atoms with Crippen molar-refractivity contribution in [1.29, 1.82) is 0 Å². The van der Waals surface area contributed by atoms with Crippen LogP contribution in [0.5, 0.6) is 0 Å². The monoisotopic (exact) mass is 366 g/mol. The van der Waals surface area contributed by atoms with Crippen LogP contribution in [0, 0.1) is 5.92 Å². The van der Waals surface area contributed by atoms with Gasteiger partial charge in [0, 0.05) is 17.4 Å². The number of ether oxygens (including phenoxy) is 1. The normalized spacial score (nSPS) is 26.5. The smallest absolute Gasteiger partial charge is 0.163 e. The van der Waals surface area contributed by atoms with Crippen LogP contribution >= 0.6 is 0 Å². The average Bonchev–Trinajstić information content (AvgIpc) is 2.61. The number of nitrogens with zero attached hydrogens (tertiary/aromatic N) is 3. The second kappa shape index (κ2) is 8.78. The predicted octanol–water partition coefficient (Wildman–Crippen LogP) is 3.03. The van der Waals surface area contributed by atoms with Gasteiger partial charge in [0.1, 0.15) is 0 Å². The molecule has 1 aromatic rings. The lowest BCUT2D eigenvalue weighted by molar-refractivity contribution is -0.187. The Labute approximate surface area is 151 Å². The first kappa shape index (κ1) is 19.9. The van der Waals surface area contributed by atoms with E-state index in [4.69, 9.17) is 10.3 Å². The highest BCUT2D eigenvalue weighted by molar-refractivity contribution is 7.84. The number of nitrogens with one attached hydrogen (secondary N) is 1. The van der Waals surface area contributed by atoms with E-state index in [1.165, 1.54) is 0 Å². The second-order valence-electron chi connectivity index (χ2n) is 6.88. The van der Waals surface area contributed by atoms with Crippen molar-refractivity contribution in [3.63, 3.8) is 0 Å². The zero-order valence-corrected chi connectivity index (χ0v) is 15.6. The second-order valence-corrected chi connectivity index (χ2v) is 8.76. The Bertz CT molecular complexity index is 634. The number of aliphatic hydroxyl groups excluding tert-OH is 1. The van der Waals surface area contributed by atoms with Gasteiger partial charge in [-0.1, -0.05) is 42.4 Å². The van der Waals surface area contributed by atoms with Crippen LogP contribution in [0.1, 0.15) is 39.2 Å². The Hall–Kier alpha value is -1.44. The molecule has 0 aromatic heterocycles. The molecule has 1 heterocycles. The molecule has 0 saturated carbocycles. The summed E-state index contributed by atoms with van der Waals surface area (Å²) >= 11 is 0. The van der Waals surface area contributed by atoms with Gasteiger partial charge in [0.25, 0.3) is 0 Å². The molecule has 0 radical (unpaired) electrons. The van der Waals surface area contributed by atoms with Gasteiger partial charge in [-0.2, -0.15) is 0 Å². The van der Waals surface area contributed by atoms with Crippen molar-refractivity contribution in [2.24, 2.45) is 11.0 Å². The lowest BCUT2D eigenvalue weighted by atomic mass is 9.86. The first-order valence-electron chi connectivity index (χ1n) is 8.43. The van der Waals surface area contributed by atoms with Gasteiger partial charge in [-0.3, -0.25) is 0 Å². The maximum absolute atomic E-state index is 12.8. The third-order valence-corrected chi connectivity index (χ3v) is 6.71. The molecular weight excluding hydrogens is 340 g/mol. The molecule has 2 N–H and O–H groups in total. The first-order chi connectivity index (χ1) is 11.9. The van der Waals surface area contributed by atoms with Crippen molar-refractivity contribution in [2.45, 2.75) is 63.3 Å². The molecule has 1 saturated heterocycles. The van der Waals surface area contributed by atoms with Gasteiger partial charge >= 0.3 is 0 Å². The maximum Gasteiger partial charge on any atom is 0.163 e. The highest BCUT2D eigenvalue weighted by Crippen LogP contribution is 2.34. The number of aliphatic hydroxyl groups is 1. The number of rotatable bonds is 7. The van der Waals surface area contributed by atoms with E-state index < -0.39 is 28.1 Å². The highest BCUT2D eigenvalue weighted by atomic mass is 32.2. The topological polar surface area (TPSA) is 107 Å². The molecule has 2 rings (SSSR count). The van der Waals surface area contributed by atoms with Crippen LogP contribution in [0.15, 0.2) is 35.4 Å². The molecule has 3 unspecified atom stereocenters. The van der Waals surface area contributed by atoms with E-state index in [0.717, 1.165) is 5.56 Å². The largest absolute Gasteiger partial charge is 0.368 e. The molecular formula is C17H26N4O3S. The Morgan fingerprint density at radius 1 is 1.44 bits per heavy atom. The van der Waals surface area contributed by atoms with Crippen LogP contribution in [-0.4, -0.2) is 32.5 Å². The van der Waals surface area contributed by atoms with Gasteiger partial charge in [-0.05, 0) is 37.8 Å². The summed E-state index contributed by atoms with van der Waals surface area (Å²) in [6, 6.07) is 9.25. The quantitative estimate of drug-likeness (QED) is 0.440. The lowest BCUT2D eigenvalue weighted by Crippen LogP contribution is -2.50. The van der Waals surface area contributed by atoms with E-state index in [0.29, 0.717) is 19.4 Å². The maximum atomic E-state index is 12.8. The molecule has 7 nitrogen and oxygen atoms in total. The van der Waals surface area contributed by atoms with Crippen molar-refractivity contribution in [1.82, 2.24) is 4.72 Å². The molecule has 25 heavy (non-hydrogen) atoms. The molecule has 138 valence electrons. The van der Waals surface area contributed by atoms with E-state index in [-0.39, 0.29) is 12.0 Å². The van der Waals surface area contributed by atoms with Crippen molar-refractivity contribution in [3.05, 3.63) is 46.3 Å². The summed E-state index contributed by atoms with van der Waals surface area (Å²) in [4.78, 5) is 2.74.